The third kappa shape index (κ3) is 3.91. The number of unbranched alkanes of at least 4 members (excludes halogenated alkanes) is 1. The van der Waals surface area contributed by atoms with Crippen LogP contribution in [0.5, 0.6) is 5.75 Å². The highest BCUT2D eigenvalue weighted by atomic mass is 16.5. The molecule has 1 unspecified atom stereocenters. The SMILES string of the molecule is CCCCOc1cccc(C2c3c(oc4cc(C)cc(C)c4c3=O)C(=O)N2CCCO)c1. The Kier molecular flexibility index (Phi) is 6.33. The van der Waals surface area contributed by atoms with Gasteiger partial charge in [-0.2, -0.15) is 0 Å². The second kappa shape index (κ2) is 9.17. The van der Waals surface area contributed by atoms with Crippen LogP contribution in [0.3, 0.4) is 0 Å². The molecule has 0 spiro atoms. The monoisotopic (exact) mass is 435 g/mol. The van der Waals surface area contributed by atoms with Crippen molar-refractivity contribution in [3.8, 4) is 5.75 Å². The summed E-state index contributed by atoms with van der Waals surface area (Å²) in [6.45, 7) is 6.80. The summed E-state index contributed by atoms with van der Waals surface area (Å²) in [4.78, 5) is 28.6. The minimum Gasteiger partial charge on any atom is -0.494 e. The molecule has 4 rings (SSSR count). The predicted molar refractivity (Wildman–Crippen MR) is 123 cm³/mol. The van der Waals surface area contributed by atoms with Crippen LogP contribution < -0.4 is 10.2 Å². The van der Waals surface area contributed by atoms with Crippen LogP contribution in [0.25, 0.3) is 11.0 Å². The van der Waals surface area contributed by atoms with Crippen molar-refractivity contribution >= 4 is 16.9 Å². The standard InChI is InChI=1S/C26H29NO5/c1-4-5-12-31-19-9-6-8-18(15-19)23-22-24(29)21-17(3)13-16(2)14-20(21)32-25(22)26(30)27(23)10-7-11-28/h6,8-9,13-15,23,28H,4-5,7,10-12H2,1-3H3. The van der Waals surface area contributed by atoms with Crippen LogP contribution in [-0.4, -0.2) is 35.7 Å². The van der Waals surface area contributed by atoms with E-state index < -0.39 is 6.04 Å². The predicted octanol–water partition coefficient (Wildman–Crippen LogP) is 4.52. The summed E-state index contributed by atoms with van der Waals surface area (Å²) < 4.78 is 11.9. The lowest BCUT2D eigenvalue weighted by Crippen LogP contribution is -2.31. The number of carbonyl (C=O) groups excluding carboxylic acids is 1. The van der Waals surface area contributed by atoms with Crippen LogP contribution in [-0.2, 0) is 0 Å². The zero-order valence-electron chi connectivity index (χ0n) is 18.8. The van der Waals surface area contributed by atoms with Crippen molar-refractivity contribution in [2.24, 2.45) is 0 Å². The maximum atomic E-state index is 13.7. The van der Waals surface area contributed by atoms with Crippen molar-refractivity contribution in [2.75, 3.05) is 19.8 Å². The average molecular weight is 436 g/mol. The maximum Gasteiger partial charge on any atom is 0.290 e. The first kappa shape index (κ1) is 22.1. The summed E-state index contributed by atoms with van der Waals surface area (Å²) in [5.74, 6) is 0.470. The van der Waals surface area contributed by atoms with E-state index >= 15 is 0 Å². The van der Waals surface area contributed by atoms with Crippen LogP contribution in [0.2, 0.25) is 0 Å². The Morgan fingerprint density at radius 3 is 2.69 bits per heavy atom. The molecule has 0 saturated heterocycles. The Labute approximate surface area is 187 Å². The van der Waals surface area contributed by atoms with Crippen molar-refractivity contribution in [3.05, 3.63) is 74.6 Å². The van der Waals surface area contributed by atoms with E-state index in [0.717, 1.165) is 29.5 Å². The molecule has 6 nitrogen and oxygen atoms in total. The number of hydrogen-bond acceptors (Lipinski definition) is 5. The molecule has 2 heterocycles. The number of benzene rings is 2. The number of aliphatic hydroxyl groups excluding tert-OH is 1. The first-order valence-corrected chi connectivity index (χ1v) is 11.2. The van der Waals surface area contributed by atoms with Crippen LogP contribution in [0, 0.1) is 13.8 Å². The largest absolute Gasteiger partial charge is 0.494 e. The Balaban J connectivity index is 1.88. The van der Waals surface area contributed by atoms with Crippen molar-refractivity contribution in [1.29, 1.82) is 0 Å². The van der Waals surface area contributed by atoms with E-state index in [-0.39, 0.29) is 23.7 Å². The van der Waals surface area contributed by atoms with E-state index in [4.69, 9.17) is 9.15 Å². The fourth-order valence-electron chi connectivity index (χ4n) is 4.44. The summed E-state index contributed by atoms with van der Waals surface area (Å²) in [6.07, 6.45) is 2.40. The maximum absolute atomic E-state index is 13.7. The van der Waals surface area contributed by atoms with Gasteiger partial charge in [0.2, 0.25) is 5.76 Å². The fraction of sp³-hybridized carbons (Fsp3) is 0.385. The van der Waals surface area contributed by atoms with Crippen LogP contribution in [0.1, 0.15) is 65.0 Å². The van der Waals surface area contributed by atoms with Crippen molar-refractivity contribution in [2.45, 2.75) is 46.1 Å². The van der Waals surface area contributed by atoms with Crippen molar-refractivity contribution < 1.29 is 19.1 Å². The van der Waals surface area contributed by atoms with E-state index in [1.165, 1.54) is 0 Å². The molecule has 1 aliphatic heterocycles. The number of rotatable bonds is 8. The molecular weight excluding hydrogens is 406 g/mol. The molecule has 0 bridgehead atoms. The summed E-state index contributed by atoms with van der Waals surface area (Å²) in [7, 11) is 0. The van der Waals surface area contributed by atoms with Gasteiger partial charge in [0, 0.05) is 13.2 Å². The second-order valence-corrected chi connectivity index (χ2v) is 8.38. The van der Waals surface area contributed by atoms with Gasteiger partial charge in [-0.05, 0) is 61.6 Å². The van der Waals surface area contributed by atoms with Crippen LogP contribution >= 0.6 is 0 Å². The molecule has 3 aromatic rings. The van der Waals surface area contributed by atoms with E-state index in [9.17, 15) is 14.7 Å². The minimum absolute atomic E-state index is 0.0470. The summed E-state index contributed by atoms with van der Waals surface area (Å²) in [5, 5.41) is 9.89. The van der Waals surface area contributed by atoms with Gasteiger partial charge in [0.05, 0.1) is 23.6 Å². The Morgan fingerprint density at radius 2 is 1.94 bits per heavy atom. The molecule has 168 valence electrons. The minimum atomic E-state index is -0.583. The van der Waals surface area contributed by atoms with Gasteiger partial charge in [0.1, 0.15) is 11.3 Å². The lowest BCUT2D eigenvalue weighted by Gasteiger charge is -2.25. The summed E-state index contributed by atoms with van der Waals surface area (Å²) >= 11 is 0. The number of carbonyl (C=O) groups is 1. The molecule has 1 amide bonds. The Bertz CT molecular complexity index is 1210. The van der Waals surface area contributed by atoms with E-state index in [1.807, 2.05) is 44.2 Å². The molecule has 0 saturated carbocycles. The third-order valence-corrected chi connectivity index (χ3v) is 5.91. The normalized spacial score (nSPS) is 15.4. The van der Waals surface area contributed by atoms with E-state index in [0.29, 0.717) is 41.9 Å². The zero-order chi connectivity index (χ0) is 22.8. The fourth-order valence-corrected chi connectivity index (χ4v) is 4.44. The highest BCUT2D eigenvalue weighted by Gasteiger charge is 2.42. The average Bonchev–Trinajstić information content (AvgIpc) is 3.04. The Hall–Kier alpha value is -3.12. The first-order valence-electron chi connectivity index (χ1n) is 11.2. The number of aliphatic hydroxyl groups is 1. The summed E-state index contributed by atoms with van der Waals surface area (Å²) in [5.41, 5.74) is 3.20. The number of nitrogens with zero attached hydrogens (tertiary/aromatic N) is 1. The smallest absolute Gasteiger partial charge is 0.290 e. The highest BCUT2D eigenvalue weighted by Crippen LogP contribution is 2.39. The van der Waals surface area contributed by atoms with Gasteiger partial charge in [0.25, 0.3) is 5.91 Å². The van der Waals surface area contributed by atoms with Gasteiger partial charge in [-0.25, -0.2) is 0 Å². The van der Waals surface area contributed by atoms with Crippen molar-refractivity contribution in [1.82, 2.24) is 4.90 Å². The molecule has 0 aliphatic carbocycles. The molecule has 1 aromatic heterocycles. The number of fused-ring (bicyclic) bond motifs is 2. The van der Waals surface area contributed by atoms with E-state index in [2.05, 4.69) is 6.92 Å². The van der Waals surface area contributed by atoms with Gasteiger partial charge < -0.3 is 19.2 Å². The number of ether oxygens (including phenoxy) is 1. The summed E-state index contributed by atoms with van der Waals surface area (Å²) in [6, 6.07) is 10.7. The lowest BCUT2D eigenvalue weighted by molar-refractivity contribution is 0.0716. The van der Waals surface area contributed by atoms with Gasteiger partial charge in [-0.3, -0.25) is 9.59 Å². The van der Waals surface area contributed by atoms with Gasteiger partial charge in [0.15, 0.2) is 5.43 Å². The third-order valence-electron chi connectivity index (χ3n) is 5.91. The van der Waals surface area contributed by atoms with Crippen molar-refractivity contribution in [3.63, 3.8) is 0 Å². The van der Waals surface area contributed by atoms with Crippen LogP contribution in [0.15, 0.2) is 45.6 Å². The van der Waals surface area contributed by atoms with Gasteiger partial charge >= 0.3 is 0 Å². The molecular formula is C26H29NO5. The van der Waals surface area contributed by atoms with E-state index in [1.54, 1.807) is 11.0 Å². The van der Waals surface area contributed by atoms with Gasteiger partial charge in [-0.15, -0.1) is 0 Å². The molecule has 0 fully saturated rings. The Morgan fingerprint density at radius 1 is 1.12 bits per heavy atom. The lowest BCUT2D eigenvalue weighted by atomic mass is 9.96. The molecule has 1 aliphatic rings. The first-order chi connectivity index (χ1) is 15.5. The quantitative estimate of drug-likeness (QED) is 0.527. The molecule has 0 radical (unpaired) electrons. The van der Waals surface area contributed by atoms with Crippen LogP contribution in [0.4, 0.5) is 0 Å². The molecule has 1 atom stereocenters. The van der Waals surface area contributed by atoms with Gasteiger partial charge in [-0.1, -0.05) is 31.5 Å². The topological polar surface area (TPSA) is 80.0 Å². The molecule has 1 N–H and O–H groups in total. The second-order valence-electron chi connectivity index (χ2n) is 8.38. The number of amides is 1. The highest BCUT2D eigenvalue weighted by molar-refractivity contribution is 5.99. The zero-order valence-corrected chi connectivity index (χ0v) is 18.8. The number of hydrogen-bond donors (Lipinski definition) is 1. The molecule has 2 aromatic carbocycles. The molecule has 32 heavy (non-hydrogen) atoms. The molecule has 6 heteroatoms. The number of aryl methyl sites for hydroxylation is 2.